The maximum Gasteiger partial charge on any atom is 0.225 e. The van der Waals surface area contributed by atoms with Crippen LogP contribution in [-0.4, -0.2) is 30.6 Å². The van der Waals surface area contributed by atoms with Crippen molar-refractivity contribution in [2.75, 3.05) is 19.8 Å². The fourth-order valence-corrected chi connectivity index (χ4v) is 2.87. The first-order chi connectivity index (χ1) is 9.63. The summed E-state index contributed by atoms with van der Waals surface area (Å²) in [6, 6.07) is 6.57. The highest BCUT2D eigenvalue weighted by atomic mass is 19.1. The summed E-state index contributed by atoms with van der Waals surface area (Å²) in [6.07, 6.45) is 1.36. The second kappa shape index (κ2) is 6.84. The van der Waals surface area contributed by atoms with Crippen molar-refractivity contribution in [1.82, 2.24) is 4.90 Å². The van der Waals surface area contributed by atoms with Crippen LogP contribution < -0.4 is 0 Å². The van der Waals surface area contributed by atoms with E-state index in [1.807, 2.05) is 17.9 Å². The number of hydrogen-bond acceptors (Lipinski definition) is 2. The van der Waals surface area contributed by atoms with Crippen LogP contribution in [0.3, 0.4) is 0 Å². The summed E-state index contributed by atoms with van der Waals surface area (Å²) < 4.78 is 18.6. The Kier molecular flexibility index (Phi) is 5.12. The summed E-state index contributed by atoms with van der Waals surface area (Å²) in [4.78, 5) is 14.2. The van der Waals surface area contributed by atoms with E-state index in [1.54, 1.807) is 6.07 Å². The second-order valence-electron chi connectivity index (χ2n) is 5.30. The zero-order valence-corrected chi connectivity index (χ0v) is 12.1. The van der Waals surface area contributed by atoms with Crippen LogP contribution in [-0.2, 0) is 9.53 Å². The highest BCUT2D eigenvalue weighted by Gasteiger charge is 2.35. The Labute approximate surface area is 119 Å². The van der Waals surface area contributed by atoms with Gasteiger partial charge in [0.05, 0.1) is 19.1 Å². The van der Waals surface area contributed by atoms with Gasteiger partial charge in [0.1, 0.15) is 5.82 Å². The van der Waals surface area contributed by atoms with Gasteiger partial charge < -0.3 is 9.64 Å². The van der Waals surface area contributed by atoms with Crippen molar-refractivity contribution in [1.29, 1.82) is 0 Å². The zero-order valence-electron chi connectivity index (χ0n) is 12.1. The molecule has 0 radical (unpaired) electrons. The molecular formula is C16H22FNO2. The molecule has 1 aliphatic rings. The van der Waals surface area contributed by atoms with Gasteiger partial charge in [0, 0.05) is 13.2 Å². The molecule has 2 atom stereocenters. The van der Waals surface area contributed by atoms with E-state index in [4.69, 9.17) is 4.74 Å². The first-order valence-electron chi connectivity index (χ1n) is 7.26. The first-order valence-corrected chi connectivity index (χ1v) is 7.26. The molecule has 0 N–H and O–H groups in total. The molecule has 3 nitrogen and oxygen atoms in total. The van der Waals surface area contributed by atoms with E-state index in [2.05, 4.69) is 6.92 Å². The Hall–Kier alpha value is -1.42. The van der Waals surface area contributed by atoms with Crippen LogP contribution in [0.1, 0.15) is 38.3 Å². The molecule has 0 aromatic heterocycles. The van der Waals surface area contributed by atoms with Crippen LogP contribution in [0.15, 0.2) is 24.3 Å². The molecular weight excluding hydrogens is 257 g/mol. The number of benzene rings is 1. The van der Waals surface area contributed by atoms with Crippen LogP contribution in [0, 0.1) is 11.7 Å². The third-order valence-electron chi connectivity index (χ3n) is 3.88. The average molecular weight is 279 g/mol. The third-order valence-corrected chi connectivity index (χ3v) is 3.88. The largest absolute Gasteiger partial charge is 0.381 e. The SMILES string of the molecule is CCOCCC(=O)N1CCC(C)C1c1cccc(F)c1. The fourth-order valence-electron chi connectivity index (χ4n) is 2.87. The van der Waals surface area contributed by atoms with Crippen LogP contribution in [0.4, 0.5) is 4.39 Å². The molecule has 1 aliphatic heterocycles. The fraction of sp³-hybridized carbons (Fsp3) is 0.562. The molecule has 1 aromatic rings. The molecule has 0 saturated carbocycles. The van der Waals surface area contributed by atoms with Crippen LogP contribution in [0.5, 0.6) is 0 Å². The van der Waals surface area contributed by atoms with Gasteiger partial charge in [0.2, 0.25) is 5.91 Å². The number of carbonyl (C=O) groups excluding carboxylic acids is 1. The van der Waals surface area contributed by atoms with E-state index in [-0.39, 0.29) is 17.8 Å². The number of ether oxygens (including phenoxy) is 1. The average Bonchev–Trinajstić information content (AvgIpc) is 2.81. The highest BCUT2D eigenvalue weighted by Crippen LogP contribution is 2.37. The lowest BCUT2D eigenvalue weighted by Gasteiger charge is -2.27. The number of halogens is 1. The Morgan fingerprint density at radius 1 is 1.50 bits per heavy atom. The van der Waals surface area contributed by atoms with Crippen LogP contribution in [0.2, 0.25) is 0 Å². The van der Waals surface area contributed by atoms with Gasteiger partial charge in [0.15, 0.2) is 0 Å². The van der Waals surface area contributed by atoms with Gasteiger partial charge >= 0.3 is 0 Å². The smallest absolute Gasteiger partial charge is 0.225 e. The number of rotatable bonds is 5. The lowest BCUT2D eigenvalue weighted by atomic mass is 9.95. The Balaban J connectivity index is 2.10. The molecule has 1 fully saturated rings. The van der Waals surface area contributed by atoms with E-state index in [1.165, 1.54) is 12.1 Å². The molecule has 0 aliphatic carbocycles. The second-order valence-corrected chi connectivity index (χ2v) is 5.30. The maximum absolute atomic E-state index is 13.4. The minimum absolute atomic E-state index is 0.0140. The van der Waals surface area contributed by atoms with E-state index < -0.39 is 0 Å². The van der Waals surface area contributed by atoms with E-state index >= 15 is 0 Å². The van der Waals surface area contributed by atoms with Gasteiger partial charge in [-0.1, -0.05) is 19.1 Å². The maximum atomic E-state index is 13.4. The molecule has 1 aromatic carbocycles. The third kappa shape index (κ3) is 3.37. The van der Waals surface area contributed by atoms with Crippen molar-refractivity contribution in [3.63, 3.8) is 0 Å². The molecule has 2 rings (SSSR count). The normalized spacial score (nSPS) is 22.2. The minimum Gasteiger partial charge on any atom is -0.381 e. The summed E-state index contributed by atoms with van der Waals surface area (Å²) in [5.74, 6) is 0.202. The van der Waals surface area contributed by atoms with Gasteiger partial charge in [-0.3, -0.25) is 4.79 Å². The number of nitrogens with zero attached hydrogens (tertiary/aromatic N) is 1. The Bertz CT molecular complexity index is 464. The summed E-state index contributed by atoms with van der Waals surface area (Å²) in [5, 5.41) is 0. The van der Waals surface area contributed by atoms with Gasteiger partial charge in [0.25, 0.3) is 0 Å². The van der Waals surface area contributed by atoms with Crippen molar-refractivity contribution >= 4 is 5.91 Å². The monoisotopic (exact) mass is 279 g/mol. The molecule has 4 heteroatoms. The molecule has 0 spiro atoms. The summed E-state index contributed by atoms with van der Waals surface area (Å²) in [6.45, 7) is 5.85. The van der Waals surface area contributed by atoms with E-state index in [9.17, 15) is 9.18 Å². The molecule has 20 heavy (non-hydrogen) atoms. The van der Waals surface area contributed by atoms with Crippen molar-refractivity contribution < 1.29 is 13.9 Å². The number of hydrogen-bond donors (Lipinski definition) is 0. The van der Waals surface area contributed by atoms with Gasteiger partial charge in [-0.2, -0.15) is 0 Å². The van der Waals surface area contributed by atoms with Crippen LogP contribution >= 0.6 is 0 Å². The Morgan fingerprint density at radius 3 is 3.00 bits per heavy atom. The molecule has 0 bridgehead atoms. The minimum atomic E-state index is -0.247. The number of likely N-dealkylation sites (tertiary alicyclic amines) is 1. The lowest BCUT2D eigenvalue weighted by molar-refractivity contribution is -0.133. The molecule has 110 valence electrons. The predicted molar refractivity (Wildman–Crippen MR) is 75.7 cm³/mol. The zero-order chi connectivity index (χ0) is 14.5. The topological polar surface area (TPSA) is 29.5 Å². The highest BCUT2D eigenvalue weighted by molar-refractivity contribution is 5.77. The summed E-state index contributed by atoms with van der Waals surface area (Å²) in [5.41, 5.74) is 0.889. The summed E-state index contributed by atoms with van der Waals surface area (Å²) >= 11 is 0. The first kappa shape index (κ1) is 15.0. The van der Waals surface area contributed by atoms with Crippen molar-refractivity contribution in [3.05, 3.63) is 35.6 Å². The molecule has 2 unspecified atom stereocenters. The quantitative estimate of drug-likeness (QED) is 0.775. The molecule has 1 saturated heterocycles. The van der Waals surface area contributed by atoms with Gasteiger partial charge in [-0.05, 0) is 37.0 Å². The van der Waals surface area contributed by atoms with E-state index in [0.717, 1.165) is 18.5 Å². The molecule has 1 amide bonds. The van der Waals surface area contributed by atoms with Gasteiger partial charge in [-0.25, -0.2) is 4.39 Å². The van der Waals surface area contributed by atoms with Crippen molar-refractivity contribution in [3.8, 4) is 0 Å². The van der Waals surface area contributed by atoms with Gasteiger partial charge in [-0.15, -0.1) is 0 Å². The van der Waals surface area contributed by atoms with Crippen molar-refractivity contribution in [2.24, 2.45) is 5.92 Å². The predicted octanol–water partition coefficient (Wildman–Crippen LogP) is 3.16. The lowest BCUT2D eigenvalue weighted by Crippen LogP contribution is -2.32. The number of carbonyl (C=O) groups is 1. The standard InChI is InChI=1S/C16H22FNO2/c1-3-20-10-8-15(19)18-9-7-12(2)16(18)13-5-4-6-14(17)11-13/h4-6,11-12,16H,3,7-10H2,1-2H3. The van der Waals surface area contributed by atoms with Crippen LogP contribution in [0.25, 0.3) is 0 Å². The number of amides is 1. The van der Waals surface area contributed by atoms with E-state index in [0.29, 0.717) is 25.6 Å². The molecule has 1 heterocycles. The summed E-state index contributed by atoms with van der Waals surface area (Å²) in [7, 11) is 0. The Morgan fingerprint density at radius 2 is 2.30 bits per heavy atom. The van der Waals surface area contributed by atoms with Crippen molar-refractivity contribution in [2.45, 2.75) is 32.7 Å².